The number of nitrogens with zero attached hydrogens (tertiary/aromatic N) is 1. The molecule has 21 heavy (non-hydrogen) atoms. The Morgan fingerprint density at radius 2 is 2.19 bits per heavy atom. The first-order valence-electron chi connectivity index (χ1n) is 6.47. The number of hydrogen-bond acceptors (Lipinski definition) is 3. The third-order valence-corrected chi connectivity index (χ3v) is 3.06. The van der Waals surface area contributed by atoms with Crippen LogP contribution in [-0.2, 0) is 13.1 Å². The van der Waals surface area contributed by atoms with Crippen LogP contribution in [0.3, 0.4) is 0 Å². The predicted octanol–water partition coefficient (Wildman–Crippen LogP) is 2.77. The van der Waals surface area contributed by atoms with Gasteiger partial charge in [0.15, 0.2) is 0 Å². The van der Waals surface area contributed by atoms with Gasteiger partial charge in [0.1, 0.15) is 11.5 Å². The summed E-state index contributed by atoms with van der Waals surface area (Å²) in [4.78, 5) is 22.8. The van der Waals surface area contributed by atoms with E-state index >= 15 is 0 Å². The Morgan fingerprint density at radius 3 is 2.81 bits per heavy atom. The largest absolute Gasteiger partial charge is 0.475 e. The number of carboxylic acids is 1. The van der Waals surface area contributed by atoms with Crippen molar-refractivity contribution < 1.29 is 19.1 Å². The Labute approximate surface area is 126 Å². The maximum Gasteiger partial charge on any atom is 0.371 e. The molecule has 2 aromatic heterocycles. The zero-order valence-corrected chi connectivity index (χ0v) is 12.2. The van der Waals surface area contributed by atoms with Crippen LogP contribution in [0, 0.1) is 0 Å². The molecule has 0 saturated carbocycles. The summed E-state index contributed by atoms with van der Waals surface area (Å²) < 4.78 is 6.85. The van der Waals surface area contributed by atoms with Gasteiger partial charge in [-0.05, 0) is 24.6 Å². The lowest BCUT2D eigenvalue weighted by molar-refractivity contribution is 0.0660. The quantitative estimate of drug-likeness (QED) is 0.859. The van der Waals surface area contributed by atoms with Crippen molar-refractivity contribution in [3.8, 4) is 0 Å². The molecule has 2 heterocycles. The second-order valence-corrected chi connectivity index (χ2v) is 4.93. The molecule has 0 aromatic carbocycles. The van der Waals surface area contributed by atoms with Crippen molar-refractivity contribution >= 4 is 23.5 Å². The Bertz CT molecular complexity index is 660. The molecule has 7 heteroatoms. The smallest absolute Gasteiger partial charge is 0.371 e. The molecule has 112 valence electrons. The molecule has 0 saturated heterocycles. The van der Waals surface area contributed by atoms with Gasteiger partial charge in [0.05, 0.1) is 11.6 Å². The lowest BCUT2D eigenvalue weighted by Crippen LogP contribution is -2.25. The van der Waals surface area contributed by atoms with E-state index in [9.17, 15) is 9.59 Å². The van der Waals surface area contributed by atoms with Gasteiger partial charge in [-0.1, -0.05) is 18.5 Å². The minimum absolute atomic E-state index is 0.112. The molecular formula is C14H15ClN2O4. The second kappa shape index (κ2) is 6.49. The van der Waals surface area contributed by atoms with Crippen LogP contribution in [-0.4, -0.2) is 21.6 Å². The molecule has 0 aliphatic heterocycles. The zero-order chi connectivity index (χ0) is 15.4. The predicted molar refractivity (Wildman–Crippen MR) is 76.6 cm³/mol. The minimum Gasteiger partial charge on any atom is -0.475 e. The highest BCUT2D eigenvalue weighted by atomic mass is 35.5. The van der Waals surface area contributed by atoms with Crippen LogP contribution in [0.15, 0.2) is 28.8 Å². The van der Waals surface area contributed by atoms with Gasteiger partial charge in [-0.25, -0.2) is 4.79 Å². The topological polar surface area (TPSA) is 84.5 Å². The van der Waals surface area contributed by atoms with Crippen LogP contribution in [0.5, 0.6) is 0 Å². The Kier molecular flexibility index (Phi) is 4.70. The number of aryl methyl sites for hydroxylation is 1. The summed E-state index contributed by atoms with van der Waals surface area (Å²) >= 11 is 5.92. The summed E-state index contributed by atoms with van der Waals surface area (Å²) in [5.74, 6) is -1.21. The fraction of sp³-hybridized carbons (Fsp3) is 0.286. The van der Waals surface area contributed by atoms with Crippen molar-refractivity contribution in [2.45, 2.75) is 26.4 Å². The number of carbonyl (C=O) groups excluding carboxylic acids is 1. The number of carboxylic acid groups (broad SMARTS) is 1. The lowest BCUT2D eigenvalue weighted by atomic mass is 10.3. The van der Waals surface area contributed by atoms with Crippen LogP contribution in [0.1, 0.15) is 40.1 Å². The van der Waals surface area contributed by atoms with Crippen LogP contribution in [0.25, 0.3) is 0 Å². The molecule has 0 radical (unpaired) electrons. The monoisotopic (exact) mass is 310 g/mol. The van der Waals surface area contributed by atoms with Crippen LogP contribution >= 0.6 is 11.6 Å². The summed E-state index contributed by atoms with van der Waals surface area (Å²) in [7, 11) is 0. The van der Waals surface area contributed by atoms with E-state index in [1.54, 1.807) is 16.8 Å². The van der Waals surface area contributed by atoms with Gasteiger partial charge >= 0.3 is 5.97 Å². The van der Waals surface area contributed by atoms with Crippen LogP contribution < -0.4 is 5.32 Å². The fourth-order valence-corrected chi connectivity index (χ4v) is 2.16. The van der Waals surface area contributed by atoms with Crippen molar-refractivity contribution in [1.82, 2.24) is 9.88 Å². The van der Waals surface area contributed by atoms with E-state index in [2.05, 4.69) is 5.32 Å². The molecule has 0 aliphatic rings. The maximum absolute atomic E-state index is 12.1. The Hall–Kier alpha value is -2.21. The highest BCUT2D eigenvalue weighted by Gasteiger charge is 2.14. The van der Waals surface area contributed by atoms with E-state index in [-0.39, 0.29) is 18.2 Å². The molecule has 0 atom stereocenters. The standard InChI is InChI=1S/C14H15ClN2O4/c1-2-5-17-8-9(15)6-11(17)13(18)16-7-10-3-4-12(21-10)14(19)20/h3-4,6,8H,2,5,7H2,1H3,(H,16,18)(H,19,20). The first-order chi connectivity index (χ1) is 10.0. The average molecular weight is 311 g/mol. The molecule has 2 aromatic rings. The number of aromatic carboxylic acids is 1. The summed E-state index contributed by atoms with van der Waals surface area (Å²) in [6.45, 7) is 2.81. The van der Waals surface area contributed by atoms with E-state index in [0.29, 0.717) is 23.0 Å². The van der Waals surface area contributed by atoms with E-state index in [4.69, 9.17) is 21.1 Å². The normalized spacial score (nSPS) is 10.6. The van der Waals surface area contributed by atoms with Gasteiger partial charge < -0.3 is 19.4 Å². The van der Waals surface area contributed by atoms with Gasteiger partial charge in [-0.3, -0.25) is 4.79 Å². The van der Waals surface area contributed by atoms with Crippen molar-refractivity contribution in [3.63, 3.8) is 0 Å². The second-order valence-electron chi connectivity index (χ2n) is 4.49. The van der Waals surface area contributed by atoms with E-state index < -0.39 is 5.97 Å². The summed E-state index contributed by atoms with van der Waals surface area (Å²) in [6.07, 6.45) is 2.58. The van der Waals surface area contributed by atoms with Crippen molar-refractivity contribution in [2.75, 3.05) is 0 Å². The molecule has 0 spiro atoms. The summed E-state index contributed by atoms with van der Waals surface area (Å²) in [5.41, 5.74) is 0.465. The lowest BCUT2D eigenvalue weighted by Gasteiger charge is -2.07. The molecule has 1 amide bonds. The number of hydrogen-bond donors (Lipinski definition) is 2. The minimum atomic E-state index is -1.14. The number of amides is 1. The van der Waals surface area contributed by atoms with E-state index in [1.165, 1.54) is 12.1 Å². The molecule has 0 aliphatic carbocycles. The fourth-order valence-electron chi connectivity index (χ4n) is 1.94. The van der Waals surface area contributed by atoms with Crippen molar-refractivity contribution in [3.05, 3.63) is 46.6 Å². The maximum atomic E-state index is 12.1. The molecular weight excluding hydrogens is 296 g/mol. The summed E-state index contributed by atoms with van der Waals surface area (Å²) in [6, 6.07) is 4.46. The van der Waals surface area contributed by atoms with Crippen molar-refractivity contribution in [2.24, 2.45) is 0 Å². The molecule has 0 unspecified atom stereocenters. The van der Waals surface area contributed by atoms with E-state index in [1.807, 2.05) is 6.92 Å². The number of halogens is 1. The summed E-state index contributed by atoms with van der Waals surface area (Å²) in [5, 5.41) is 11.9. The average Bonchev–Trinajstić information content (AvgIpc) is 3.03. The molecule has 0 bridgehead atoms. The van der Waals surface area contributed by atoms with E-state index in [0.717, 1.165) is 6.42 Å². The molecule has 6 nitrogen and oxygen atoms in total. The van der Waals surface area contributed by atoms with Gasteiger partial charge in [0, 0.05) is 12.7 Å². The van der Waals surface area contributed by atoms with Gasteiger partial charge in [0.2, 0.25) is 5.76 Å². The Morgan fingerprint density at radius 1 is 1.43 bits per heavy atom. The van der Waals surface area contributed by atoms with Gasteiger partial charge in [0.25, 0.3) is 5.91 Å². The van der Waals surface area contributed by atoms with Gasteiger partial charge in [-0.2, -0.15) is 0 Å². The number of furan rings is 1. The van der Waals surface area contributed by atoms with Crippen LogP contribution in [0.4, 0.5) is 0 Å². The number of nitrogens with one attached hydrogen (secondary N) is 1. The molecule has 0 fully saturated rings. The van der Waals surface area contributed by atoms with Crippen LogP contribution in [0.2, 0.25) is 5.02 Å². The first-order valence-corrected chi connectivity index (χ1v) is 6.85. The number of aromatic nitrogens is 1. The molecule has 2 rings (SSSR count). The van der Waals surface area contributed by atoms with Crippen molar-refractivity contribution in [1.29, 1.82) is 0 Å². The number of rotatable bonds is 6. The zero-order valence-electron chi connectivity index (χ0n) is 11.4. The molecule has 2 N–H and O–H groups in total. The Balaban J connectivity index is 2.02. The third-order valence-electron chi connectivity index (χ3n) is 2.86. The highest BCUT2D eigenvalue weighted by molar-refractivity contribution is 6.31. The third kappa shape index (κ3) is 3.66. The highest BCUT2D eigenvalue weighted by Crippen LogP contribution is 2.15. The first kappa shape index (κ1) is 15.2. The van der Waals surface area contributed by atoms with Gasteiger partial charge in [-0.15, -0.1) is 0 Å². The number of carbonyl (C=O) groups is 2. The SMILES string of the molecule is CCCn1cc(Cl)cc1C(=O)NCc1ccc(C(=O)O)o1.